The molecule has 0 amide bonds. The van der Waals surface area contributed by atoms with Crippen LogP contribution in [-0.4, -0.2) is 11.2 Å². The molecule has 1 rings (SSSR count). The first-order valence-corrected chi connectivity index (χ1v) is 5.04. The van der Waals surface area contributed by atoms with Crippen LogP contribution in [0, 0.1) is 0 Å². The summed E-state index contributed by atoms with van der Waals surface area (Å²) >= 11 is 6.05. The van der Waals surface area contributed by atoms with Gasteiger partial charge in [-0.05, 0) is 37.9 Å². The lowest BCUT2D eigenvalue weighted by atomic mass is 10.2. The van der Waals surface area contributed by atoms with Crippen LogP contribution in [-0.2, 0) is 0 Å². The van der Waals surface area contributed by atoms with Gasteiger partial charge in [-0.3, -0.25) is 4.98 Å². The van der Waals surface area contributed by atoms with Crippen molar-refractivity contribution in [3.63, 3.8) is 0 Å². The van der Waals surface area contributed by atoms with E-state index >= 15 is 0 Å². The van der Waals surface area contributed by atoms with Gasteiger partial charge in [0.2, 0.25) is 0 Å². The second-order valence-electron chi connectivity index (χ2n) is 2.54. The van der Waals surface area contributed by atoms with Crippen molar-refractivity contribution in [1.29, 1.82) is 0 Å². The van der Waals surface area contributed by atoms with Gasteiger partial charge in [0.15, 0.2) is 0 Å². The van der Waals surface area contributed by atoms with Crippen molar-refractivity contribution in [2.75, 3.05) is 0 Å². The van der Waals surface area contributed by atoms with Gasteiger partial charge in [-0.1, -0.05) is 0 Å². The van der Waals surface area contributed by atoms with E-state index in [9.17, 15) is 13.2 Å². The number of nitrogens with two attached hydrogens (primary N) is 1. The van der Waals surface area contributed by atoms with Crippen molar-refractivity contribution < 1.29 is 13.2 Å². The molecule has 0 spiro atoms. The topological polar surface area (TPSA) is 38.9 Å². The van der Waals surface area contributed by atoms with Crippen LogP contribution in [0.15, 0.2) is 21.2 Å². The second-order valence-corrected chi connectivity index (χ2v) is 4.31. The van der Waals surface area contributed by atoms with Crippen LogP contribution in [0.1, 0.15) is 11.7 Å². The molecular weight excluding hydrogens is 329 g/mol. The van der Waals surface area contributed by atoms with E-state index in [0.29, 0.717) is 4.47 Å². The Hall–Kier alpha value is -0.140. The summed E-state index contributed by atoms with van der Waals surface area (Å²) in [5.74, 6) is 0. The molecule has 1 aromatic heterocycles. The summed E-state index contributed by atoms with van der Waals surface area (Å²) in [6.45, 7) is 0. The molecule has 0 fully saturated rings. The third kappa shape index (κ3) is 2.68. The molecule has 14 heavy (non-hydrogen) atoms. The van der Waals surface area contributed by atoms with Crippen LogP contribution in [0.25, 0.3) is 0 Å². The summed E-state index contributed by atoms with van der Waals surface area (Å²) in [4.78, 5) is 3.61. The molecule has 0 radical (unpaired) electrons. The first kappa shape index (κ1) is 11.9. The summed E-state index contributed by atoms with van der Waals surface area (Å²) < 4.78 is 37.5. The predicted octanol–water partition coefficient (Wildman–Crippen LogP) is 3.17. The van der Waals surface area contributed by atoms with E-state index in [4.69, 9.17) is 5.73 Å². The van der Waals surface area contributed by atoms with Crippen molar-refractivity contribution in [3.05, 3.63) is 26.9 Å². The molecule has 0 saturated carbocycles. The van der Waals surface area contributed by atoms with Crippen LogP contribution >= 0.6 is 31.9 Å². The van der Waals surface area contributed by atoms with Gasteiger partial charge < -0.3 is 5.73 Å². The van der Waals surface area contributed by atoms with Gasteiger partial charge in [0, 0.05) is 15.1 Å². The maximum absolute atomic E-state index is 12.2. The molecule has 0 aliphatic rings. The maximum Gasteiger partial charge on any atom is 0.409 e. The monoisotopic (exact) mass is 332 g/mol. The minimum absolute atomic E-state index is 0.222. The molecule has 1 aromatic rings. The molecule has 7 heteroatoms. The van der Waals surface area contributed by atoms with Crippen LogP contribution < -0.4 is 5.73 Å². The third-order valence-corrected chi connectivity index (χ3v) is 2.55. The second kappa shape index (κ2) is 4.16. The zero-order chi connectivity index (χ0) is 10.9. The molecule has 0 saturated heterocycles. The Morgan fingerprint density at radius 1 is 1.36 bits per heavy atom. The van der Waals surface area contributed by atoms with Crippen LogP contribution in [0.2, 0.25) is 0 Å². The summed E-state index contributed by atoms with van der Waals surface area (Å²) in [5.41, 5.74) is 4.77. The molecule has 0 aliphatic heterocycles. The fourth-order valence-corrected chi connectivity index (χ4v) is 2.04. The number of hydrogen-bond donors (Lipinski definition) is 1. The number of pyridine rings is 1. The number of nitrogens with zero attached hydrogens (tertiary/aromatic N) is 1. The zero-order valence-corrected chi connectivity index (χ0v) is 9.82. The molecule has 0 bridgehead atoms. The van der Waals surface area contributed by atoms with Gasteiger partial charge in [0.1, 0.15) is 6.04 Å². The fraction of sp³-hybridized carbons (Fsp3) is 0.286. The fourth-order valence-electron chi connectivity index (χ4n) is 0.809. The molecule has 2 N–H and O–H groups in total. The van der Waals surface area contributed by atoms with Gasteiger partial charge >= 0.3 is 6.18 Å². The third-order valence-electron chi connectivity index (χ3n) is 1.48. The van der Waals surface area contributed by atoms with Gasteiger partial charge in [-0.25, -0.2) is 0 Å². The largest absolute Gasteiger partial charge is 0.409 e. The smallest absolute Gasteiger partial charge is 0.315 e. The predicted molar refractivity (Wildman–Crippen MR) is 52.6 cm³/mol. The highest BCUT2D eigenvalue weighted by atomic mass is 79.9. The van der Waals surface area contributed by atoms with Crippen LogP contribution in [0.4, 0.5) is 13.2 Å². The Labute approximate surface area is 95.0 Å². The normalized spacial score (nSPS) is 14.1. The number of aromatic nitrogens is 1. The summed E-state index contributed by atoms with van der Waals surface area (Å²) in [6, 6.07) is -0.599. The van der Waals surface area contributed by atoms with Crippen molar-refractivity contribution in [1.82, 2.24) is 4.98 Å². The van der Waals surface area contributed by atoms with Crippen LogP contribution in [0.5, 0.6) is 0 Å². The van der Waals surface area contributed by atoms with E-state index < -0.39 is 12.2 Å². The minimum atomic E-state index is -4.48. The lowest BCUT2D eigenvalue weighted by Crippen LogP contribution is -2.29. The summed E-state index contributed by atoms with van der Waals surface area (Å²) in [5, 5.41) is 0. The molecular formula is C7H5Br2F3N2. The number of rotatable bonds is 1. The molecule has 1 atom stereocenters. The summed E-state index contributed by atoms with van der Waals surface area (Å²) in [6.07, 6.45) is -3.21. The van der Waals surface area contributed by atoms with Gasteiger partial charge in [-0.2, -0.15) is 13.2 Å². The lowest BCUT2D eigenvalue weighted by Gasteiger charge is -2.16. The van der Waals surface area contributed by atoms with E-state index in [-0.39, 0.29) is 10.2 Å². The van der Waals surface area contributed by atoms with Gasteiger partial charge in [0.05, 0.1) is 5.69 Å². The Kier molecular flexibility index (Phi) is 3.54. The SMILES string of the molecule is N[C@H](c1ncc(Br)cc1Br)C(F)(F)F. The van der Waals surface area contributed by atoms with E-state index in [0.717, 1.165) is 0 Å². The molecule has 2 nitrogen and oxygen atoms in total. The van der Waals surface area contributed by atoms with E-state index in [2.05, 4.69) is 36.8 Å². The van der Waals surface area contributed by atoms with Crippen molar-refractivity contribution in [2.24, 2.45) is 5.73 Å². The van der Waals surface area contributed by atoms with Crippen molar-refractivity contribution >= 4 is 31.9 Å². The number of hydrogen-bond acceptors (Lipinski definition) is 2. The van der Waals surface area contributed by atoms with E-state index in [1.165, 1.54) is 12.3 Å². The van der Waals surface area contributed by atoms with E-state index in [1.54, 1.807) is 0 Å². The summed E-state index contributed by atoms with van der Waals surface area (Å²) in [7, 11) is 0. The van der Waals surface area contributed by atoms with E-state index in [1.807, 2.05) is 0 Å². The molecule has 0 aromatic carbocycles. The standard InChI is InChI=1S/C7H5Br2F3N2/c8-3-1-4(9)5(14-2-3)6(13)7(10,11)12/h1-2,6H,13H2/t6-/m1/s1. The van der Waals surface area contributed by atoms with Crippen LogP contribution in [0.3, 0.4) is 0 Å². The Morgan fingerprint density at radius 2 is 1.93 bits per heavy atom. The zero-order valence-electron chi connectivity index (χ0n) is 6.65. The average Bonchev–Trinajstić information content (AvgIpc) is 2.01. The molecule has 0 aliphatic carbocycles. The first-order chi connectivity index (χ1) is 6.32. The molecule has 0 unspecified atom stereocenters. The van der Waals surface area contributed by atoms with Gasteiger partial charge in [-0.15, -0.1) is 0 Å². The highest BCUT2D eigenvalue weighted by Crippen LogP contribution is 2.33. The minimum Gasteiger partial charge on any atom is -0.315 e. The number of alkyl halides is 3. The Bertz CT molecular complexity index is 340. The number of halogens is 5. The molecule has 1 heterocycles. The lowest BCUT2D eigenvalue weighted by molar-refractivity contribution is -0.150. The van der Waals surface area contributed by atoms with Crippen molar-refractivity contribution in [3.8, 4) is 0 Å². The van der Waals surface area contributed by atoms with Gasteiger partial charge in [0.25, 0.3) is 0 Å². The average molecular weight is 334 g/mol. The quantitative estimate of drug-likeness (QED) is 0.857. The first-order valence-electron chi connectivity index (χ1n) is 3.45. The Morgan fingerprint density at radius 3 is 2.36 bits per heavy atom. The Balaban J connectivity index is 3.08. The van der Waals surface area contributed by atoms with Crippen molar-refractivity contribution in [2.45, 2.75) is 12.2 Å². The highest BCUT2D eigenvalue weighted by molar-refractivity contribution is 9.11. The maximum atomic E-state index is 12.2. The highest BCUT2D eigenvalue weighted by Gasteiger charge is 2.39. The molecule has 78 valence electrons.